The second kappa shape index (κ2) is 4.43. The molecule has 0 spiro atoms. The Hall–Kier alpha value is -0.0800. The number of hydrogen-bond donors (Lipinski definition) is 1. The largest absolute Gasteiger partial charge is 0.329 e. The molecule has 0 amide bonds. The molecule has 13 heavy (non-hydrogen) atoms. The highest BCUT2D eigenvalue weighted by Gasteiger charge is 2.29. The molecule has 0 aromatic carbocycles. The fourth-order valence-electron chi connectivity index (χ4n) is 3.06. The molecule has 2 rings (SSSR count). The smallest absolute Gasteiger partial charge is 0.0246 e. The third-order valence-corrected chi connectivity index (χ3v) is 3.80. The van der Waals surface area contributed by atoms with Gasteiger partial charge in [0, 0.05) is 12.6 Å². The minimum Gasteiger partial charge on any atom is -0.329 e. The number of hydrogen-bond acceptors (Lipinski definition) is 2. The molecule has 2 aliphatic rings. The van der Waals surface area contributed by atoms with Gasteiger partial charge in [-0.05, 0) is 44.7 Å². The summed E-state index contributed by atoms with van der Waals surface area (Å²) in [6, 6.07) is 0.713. The topological polar surface area (TPSA) is 29.3 Å². The SMILES string of the molecule is NCC(C1CCCC1)N1CCCC1. The average Bonchev–Trinajstić information content (AvgIpc) is 2.76. The van der Waals surface area contributed by atoms with Crippen molar-refractivity contribution in [2.75, 3.05) is 19.6 Å². The molecule has 1 aliphatic heterocycles. The first-order chi connectivity index (χ1) is 6.42. The third-order valence-electron chi connectivity index (χ3n) is 3.80. The molecule has 2 heteroatoms. The highest BCUT2D eigenvalue weighted by molar-refractivity contribution is 4.85. The second-order valence-electron chi connectivity index (χ2n) is 4.59. The van der Waals surface area contributed by atoms with Crippen molar-refractivity contribution in [2.45, 2.75) is 44.6 Å². The van der Waals surface area contributed by atoms with E-state index in [0.717, 1.165) is 12.5 Å². The average molecular weight is 182 g/mol. The molecule has 2 nitrogen and oxygen atoms in total. The molecule has 1 atom stereocenters. The van der Waals surface area contributed by atoms with Crippen molar-refractivity contribution in [2.24, 2.45) is 11.7 Å². The van der Waals surface area contributed by atoms with E-state index in [2.05, 4.69) is 4.90 Å². The van der Waals surface area contributed by atoms with Crippen LogP contribution in [0.15, 0.2) is 0 Å². The first kappa shape index (κ1) is 9.47. The van der Waals surface area contributed by atoms with Gasteiger partial charge in [0.25, 0.3) is 0 Å². The van der Waals surface area contributed by atoms with Gasteiger partial charge in [0.05, 0.1) is 0 Å². The summed E-state index contributed by atoms with van der Waals surface area (Å²) in [5.74, 6) is 0.920. The second-order valence-corrected chi connectivity index (χ2v) is 4.59. The minimum absolute atomic E-state index is 0.713. The number of rotatable bonds is 3. The van der Waals surface area contributed by atoms with Crippen molar-refractivity contribution >= 4 is 0 Å². The van der Waals surface area contributed by atoms with Crippen molar-refractivity contribution < 1.29 is 0 Å². The molecule has 0 radical (unpaired) electrons. The number of nitrogens with two attached hydrogens (primary N) is 1. The van der Waals surface area contributed by atoms with Gasteiger partial charge in [0.15, 0.2) is 0 Å². The first-order valence-corrected chi connectivity index (χ1v) is 5.86. The van der Waals surface area contributed by atoms with Crippen LogP contribution in [0.3, 0.4) is 0 Å². The van der Waals surface area contributed by atoms with Gasteiger partial charge in [-0.3, -0.25) is 4.90 Å². The van der Waals surface area contributed by atoms with E-state index in [4.69, 9.17) is 5.73 Å². The van der Waals surface area contributed by atoms with E-state index in [1.54, 1.807) is 0 Å². The summed E-state index contributed by atoms with van der Waals surface area (Å²) in [4.78, 5) is 2.63. The van der Waals surface area contributed by atoms with E-state index in [0.29, 0.717) is 6.04 Å². The summed E-state index contributed by atoms with van der Waals surface area (Å²) < 4.78 is 0. The van der Waals surface area contributed by atoms with Gasteiger partial charge in [0.2, 0.25) is 0 Å². The zero-order chi connectivity index (χ0) is 9.10. The Bertz CT molecular complexity index is 130. The third kappa shape index (κ3) is 2.05. The predicted octanol–water partition coefficient (Wildman–Crippen LogP) is 1.60. The monoisotopic (exact) mass is 182 g/mol. The number of nitrogens with zero attached hydrogens (tertiary/aromatic N) is 1. The lowest BCUT2D eigenvalue weighted by Crippen LogP contribution is -2.43. The lowest BCUT2D eigenvalue weighted by molar-refractivity contribution is 0.181. The molecule has 1 saturated heterocycles. The standard InChI is InChI=1S/C11H22N2/c12-9-11(10-5-1-2-6-10)13-7-3-4-8-13/h10-11H,1-9,12H2. The zero-order valence-electron chi connectivity index (χ0n) is 8.54. The van der Waals surface area contributed by atoms with E-state index < -0.39 is 0 Å². The Labute approximate surface area is 81.5 Å². The zero-order valence-corrected chi connectivity index (χ0v) is 8.54. The van der Waals surface area contributed by atoms with Gasteiger partial charge >= 0.3 is 0 Å². The fourth-order valence-corrected chi connectivity index (χ4v) is 3.06. The van der Waals surface area contributed by atoms with E-state index in [1.165, 1.54) is 51.6 Å². The first-order valence-electron chi connectivity index (χ1n) is 5.86. The molecule has 1 unspecified atom stereocenters. The van der Waals surface area contributed by atoms with Crippen LogP contribution in [0.1, 0.15) is 38.5 Å². The molecule has 0 aromatic rings. The molecular weight excluding hydrogens is 160 g/mol. The van der Waals surface area contributed by atoms with E-state index in [1.807, 2.05) is 0 Å². The minimum atomic E-state index is 0.713. The van der Waals surface area contributed by atoms with Crippen LogP contribution >= 0.6 is 0 Å². The fraction of sp³-hybridized carbons (Fsp3) is 1.00. The quantitative estimate of drug-likeness (QED) is 0.718. The van der Waals surface area contributed by atoms with Crippen LogP contribution in [0, 0.1) is 5.92 Å². The van der Waals surface area contributed by atoms with Crippen LogP contribution in [0.25, 0.3) is 0 Å². The van der Waals surface area contributed by atoms with Crippen LogP contribution in [0.5, 0.6) is 0 Å². The summed E-state index contributed by atoms with van der Waals surface area (Å²) in [6.07, 6.45) is 8.52. The molecule has 2 N–H and O–H groups in total. The van der Waals surface area contributed by atoms with E-state index >= 15 is 0 Å². The van der Waals surface area contributed by atoms with Crippen LogP contribution in [0.4, 0.5) is 0 Å². The summed E-state index contributed by atoms with van der Waals surface area (Å²) in [6.45, 7) is 3.49. The lowest BCUT2D eigenvalue weighted by Gasteiger charge is -2.31. The van der Waals surface area contributed by atoms with E-state index in [-0.39, 0.29) is 0 Å². The molecule has 0 bridgehead atoms. The maximum absolute atomic E-state index is 5.89. The Kier molecular flexibility index (Phi) is 3.23. The maximum Gasteiger partial charge on any atom is 0.0246 e. The van der Waals surface area contributed by atoms with Crippen LogP contribution in [0.2, 0.25) is 0 Å². The predicted molar refractivity (Wildman–Crippen MR) is 55.6 cm³/mol. The maximum atomic E-state index is 5.89. The molecule has 2 fully saturated rings. The highest BCUT2D eigenvalue weighted by atomic mass is 15.2. The van der Waals surface area contributed by atoms with Gasteiger partial charge in [-0.15, -0.1) is 0 Å². The van der Waals surface area contributed by atoms with Crippen molar-refractivity contribution in [3.63, 3.8) is 0 Å². The summed E-state index contributed by atoms with van der Waals surface area (Å²) in [5.41, 5.74) is 5.89. The van der Waals surface area contributed by atoms with Crippen LogP contribution in [-0.2, 0) is 0 Å². The Balaban J connectivity index is 1.90. The molecule has 1 aliphatic carbocycles. The molecular formula is C11H22N2. The molecule has 0 aromatic heterocycles. The summed E-state index contributed by atoms with van der Waals surface area (Å²) in [7, 11) is 0. The lowest BCUT2D eigenvalue weighted by atomic mass is 9.97. The molecule has 1 heterocycles. The van der Waals surface area contributed by atoms with Crippen molar-refractivity contribution in [3.8, 4) is 0 Å². The van der Waals surface area contributed by atoms with Crippen molar-refractivity contribution in [1.82, 2.24) is 4.90 Å². The van der Waals surface area contributed by atoms with Crippen molar-refractivity contribution in [1.29, 1.82) is 0 Å². The normalized spacial score (nSPS) is 28.4. The Morgan fingerprint density at radius 2 is 1.69 bits per heavy atom. The van der Waals surface area contributed by atoms with Crippen LogP contribution in [-0.4, -0.2) is 30.6 Å². The van der Waals surface area contributed by atoms with Gasteiger partial charge in [0.1, 0.15) is 0 Å². The highest BCUT2D eigenvalue weighted by Crippen LogP contribution is 2.31. The van der Waals surface area contributed by atoms with Gasteiger partial charge < -0.3 is 5.73 Å². The van der Waals surface area contributed by atoms with Gasteiger partial charge in [-0.2, -0.15) is 0 Å². The van der Waals surface area contributed by atoms with Gasteiger partial charge in [-0.1, -0.05) is 12.8 Å². The van der Waals surface area contributed by atoms with Crippen LogP contribution < -0.4 is 5.73 Å². The van der Waals surface area contributed by atoms with Gasteiger partial charge in [-0.25, -0.2) is 0 Å². The summed E-state index contributed by atoms with van der Waals surface area (Å²) in [5, 5.41) is 0. The Morgan fingerprint density at radius 1 is 1.08 bits per heavy atom. The summed E-state index contributed by atoms with van der Waals surface area (Å²) >= 11 is 0. The van der Waals surface area contributed by atoms with Crippen molar-refractivity contribution in [3.05, 3.63) is 0 Å². The Morgan fingerprint density at radius 3 is 2.23 bits per heavy atom. The van der Waals surface area contributed by atoms with E-state index in [9.17, 15) is 0 Å². The number of likely N-dealkylation sites (tertiary alicyclic amines) is 1. The molecule has 1 saturated carbocycles. The molecule has 76 valence electrons.